The molecule has 0 aromatic heterocycles. The van der Waals surface area contributed by atoms with Gasteiger partial charge < -0.3 is 10.6 Å². The Morgan fingerprint density at radius 2 is 2.27 bits per heavy atom. The van der Waals surface area contributed by atoms with Crippen molar-refractivity contribution >= 4 is 27.3 Å². The third-order valence-corrected chi connectivity index (χ3v) is 2.82. The van der Waals surface area contributed by atoms with Gasteiger partial charge in [0.05, 0.1) is 18.2 Å². The zero-order valence-corrected chi connectivity index (χ0v) is 10.3. The normalized spacial score (nSPS) is 9.67. The van der Waals surface area contributed by atoms with E-state index < -0.39 is 0 Å². The molecule has 1 rings (SSSR count). The van der Waals surface area contributed by atoms with E-state index in [9.17, 15) is 0 Å². The van der Waals surface area contributed by atoms with Crippen LogP contribution < -0.4 is 10.6 Å². The van der Waals surface area contributed by atoms with E-state index in [0.29, 0.717) is 6.42 Å². The molecule has 0 atom stereocenters. The van der Waals surface area contributed by atoms with Crippen LogP contribution in [0, 0.1) is 11.3 Å². The summed E-state index contributed by atoms with van der Waals surface area (Å²) in [5, 5.41) is 8.56. The fourth-order valence-corrected chi connectivity index (χ4v) is 2.06. The Morgan fingerprint density at radius 1 is 1.53 bits per heavy atom. The van der Waals surface area contributed by atoms with Crippen molar-refractivity contribution in [3.05, 3.63) is 22.7 Å². The molecule has 0 unspecified atom stereocenters. The predicted octanol–water partition coefficient (Wildman–Crippen LogP) is 2.77. The number of rotatable bonds is 4. The maximum atomic E-state index is 8.56. The molecule has 4 heteroatoms. The third kappa shape index (κ3) is 3.14. The molecule has 0 heterocycles. The topological polar surface area (TPSA) is 53.0 Å². The summed E-state index contributed by atoms with van der Waals surface area (Å²) in [6.07, 6.45) is 0.532. The Morgan fingerprint density at radius 3 is 2.80 bits per heavy atom. The van der Waals surface area contributed by atoms with Crippen LogP contribution >= 0.6 is 15.9 Å². The molecule has 0 bridgehead atoms. The maximum Gasteiger partial charge on any atom is 0.0640 e. The minimum atomic E-state index is 0.532. The second-order valence-corrected chi connectivity index (χ2v) is 4.05. The van der Waals surface area contributed by atoms with Crippen molar-refractivity contribution in [2.45, 2.75) is 13.3 Å². The number of halogens is 1. The number of nitrogens with two attached hydrogens (primary N) is 1. The number of nitriles is 1. The second-order valence-electron chi connectivity index (χ2n) is 3.20. The first-order valence-corrected chi connectivity index (χ1v) is 5.65. The van der Waals surface area contributed by atoms with Crippen molar-refractivity contribution < 1.29 is 0 Å². The Hall–Kier alpha value is -1.21. The average Bonchev–Trinajstić information content (AvgIpc) is 2.21. The molecule has 2 N–H and O–H groups in total. The highest BCUT2D eigenvalue weighted by Gasteiger charge is 2.07. The van der Waals surface area contributed by atoms with Gasteiger partial charge in [-0.3, -0.25) is 0 Å². The summed E-state index contributed by atoms with van der Waals surface area (Å²) in [5.41, 5.74) is 7.49. The highest BCUT2D eigenvalue weighted by Crippen LogP contribution is 2.28. The van der Waals surface area contributed by atoms with Crippen LogP contribution in [0.25, 0.3) is 0 Å². The van der Waals surface area contributed by atoms with Gasteiger partial charge in [-0.1, -0.05) is 0 Å². The van der Waals surface area contributed by atoms with E-state index in [4.69, 9.17) is 11.0 Å². The molecule has 0 spiro atoms. The zero-order valence-electron chi connectivity index (χ0n) is 8.70. The number of benzene rings is 1. The van der Waals surface area contributed by atoms with Crippen LogP contribution in [0.4, 0.5) is 11.4 Å². The molecular formula is C11H14BrN3. The number of nitrogens with zero attached hydrogens (tertiary/aromatic N) is 2. The van der Waals surface area contributed by atoms with E-state index in [1.807, 2.05) is 18.2 Å². The Kier molecular flexibility index (Phi) is 4.44. The van der Waals surface area contributed by atoms with Crippen LogP contribution in [0.3, 0.4) is 0 Å². The van der Waals surface area contributed by atoms with E-state index in [1.54, 1.807) is 0 Å². The van der Waals surface area contributed by atoms with Gasteiger partial charge in [-0.05, 0) is 41.1 Å². The molecule has 15 heavy (non-hydrogen) atoms. The summed E-state index contributed by atoms with van der Waals surface area (Å²) >= 11 is 3.48. The average molecular weight is 268 g/mol. The van der Waals surface area contributed by atoms with Crippen molar-refractivity contribution in [3.8, 4) is 6.07 Å². The molecule has 0 aliphatic rings. The van der Waals surface area contributed by atoms with Crippen LogP contribution in [-0.4, -0.2) is 13.1 Å². The van der Waals surface area contributed by atoms with Gasteiger partial charge in [0.2, 0.25) is 0 Å². The van der Waals surface area contributed by atoms with Crippen molar-refractivity contribution in [1.29, 1.82) is 5.26 Å². The molecule has 0 fully saturated rings. The number of anilines is 2. The molecule has 80 valence electrons. The van der Waals surface area contributed by atoms with Crippen LogP contribution in [0.1, 0.15) is 13.3 Å². The lowest BCUT2D eigenvalue weighted by atomic mass is 10.2. The van der Waals surface area contributed by atoms with Crippen LogP contribution in [0.5, 0.6) is 0 Å². The van der Waals surface area contributed by atoms with Crippen molar-refractivity contribution in [2.75, 3.05) is 23.7 Å². The summed E-state index contributed by atoms with van der Waals surface area (Å²) in [5.74, 6) is 0. The molecular weight excluding hydrogens is 254 g/mol. The first-order valence-electron chi connectivity index (χ1n) is 4.86. The van der Waals surface area contributed by atoms with Crippen LogP contribution in [0.15, 0.2) is 22.7 Å². The number of hydrogen-bond donors (Lipinski definition) is 1. The van der Waals surface area contributed by atoms with Gasteiger partial charge in [0.15, 0.2) is 0 Å². The monoisotopic (exact) mass is 267 g/mol. The van der Waals surface area contributed by atoms with Gasteiger partial charge in [0.1, 0.15) is 0 Å². The molecule has 1 aromatic rings. The van der Waals surface area contributed by atoms with Gasteiger partial charge in [-0.25, -0.2) is 0 Å². The van der Waals surface area contributed by atoms with Gasteiger partial charge in [-0.2, -0.15) is 5.26 Å². The maximum absolute atomic E-state index is 8.56. The molecule has 0 saturated carbocycles. The van der Waals surface area contributed by atoms with Crippen molar-refractivity contribution in [3.63, 3.8) is 0 Å². The van der Waals surface area contributed by atoms with Gasteiger partial charge in [0.25, 0.3) is 0 Å². The number of hydrogen-bond acceptors (Lipinski definition) is 3. The standard InChI is InChI=1S/C11H14BrN3/c1-2-15(7-3-6-13)11-5-4-9(14)8-10(11)12/h4-5,8H,2-3,7,14H2,1H3. The molecule has 3 nitrogen and oxygen atoms in total. The van der Waals surface area contributed by atoms with Crippen molar-refractivity contribution in [2.24, 2.45) is 0 Å². The summed E-state index contributed by atoms with van der Waals surface area (Å²) in [6.45, 7) is 3.69. The largest absolute Gasteiger partial charge is 0.399 e. The zero-order chi connectivity index (χ0) is 11.3. The molecule has 0 amide bonds. The van der Waals surface area contributed by atoms with E-state index in [0.717, 1.165) is 28.9 Å². The SMILES string of the molecule is CCN(CCC#N)c1ccc(N)cc1Br. The quantitative estimate of drug-likeness (QED) is 0.854. The smallest absolute Gasteiger partial charge is 0.0640 e. The third-order valence-electron chi connectivity index (χ3n) is 2.19. The van der Waals surface area contributed by atoms with Gasteiger partial charge >= 0.3 is 0 Å². The fourth-order valence-electron chi connectivity index (χ4n) is 1.41. The van der Waals surface area contributed by atoms with E-state index in [2.05, 4.69) is 33.8 Å². The molecule has 1 aromatic carbocycles. The fraction of sp³-hybridized carbons (Fsp3) is 0.364. The van der Waals surface area contributed by atoms with Crippen LogP contribution in [-0.2, 0) is 0 Å². The molecule has 0 aliphatic heterocycles. The van der Waals surface area contributed by atoms with E-state index in [-0.39, 0.29) is 0 Å². The summed E-state index contributed by atoms with van der Waals surface area (Å²) in [7, 11) is 0. The first kappa shape index (κ1) is 11.9. The van der Waals surface area contributed by atoms with E-state index >= 15 is 0 Å². The summed E-state index contributed by atoms with van der Waals surface area (Å²) < 4.78 is 0.974. The second kappa shape index (κ2) is 5.62. The molecule has 0 radical (unpaired) electrons. The Labute approximate surface area is 98.6 Å². The van der Waals surface area contributed by atoms with Crippen molar-refractivity contribution in [1.82, 2.24) is 0 Å². The summed E-state index contributed by atoms with van der Waals surface area (Å²) in [4.78, 5) is 2.15. The van der Waals surface area contributed by atoms with E-state index in [1.165, 1.54) is 0 Å². The predicted molar refractivity (Wildman–Crippen MR) is 66.7 cm³/mol. The highest BCUT2D eigenvalue weighted by atomic mass is 79.9. The molecule has 0 saturated heterocycles. The molecule has 0 aliphatic carbocycles. The van der Waals surface area contributed by atoms with Crippen LogP contribution in [0.2, 0.25) is 0 Å². The lowest BCUT2D eigenvalue weighted by Crippen LogP contribution is -2.23. The minimum Gasteiger partial charge on any atom is -0.399 e. The highest BCUT2D eigenvalue weighted by molar-refractivity contribution is 9.10. The number of nitrogen functional groups attached to an aromatic ring is 1. The summed E-state index contributed by atoms with van der Waals surface area (Å²) in [6, 6.07) is 7.87. The van der Waals surface area contributed by atoms with Gasteiger partial charge in [-0.15, -0.1) is 0 Å². The Balaban J connectivity index is 2.87. The lowest BCUT2D eigenvalue weighted by molar-refractivity contribution is 0.825. The minimum absolute atomic E-state index is 0.532. The first-order chi connectivity index (χ1) is 7.19. The van der Waals surface area contributed by atoms with Gasteiger partial charge in [0, 0.05) is 23.2 Å². The Bertz CT molecular complexity index is 371. The lowest BCUT2D eigenvalue weighted by Gasteiger charge is -2.23.